The van der Waals surface area contributed by atoms with Crippen LogP contribution >= 0.6 is 0 Å². The molecule has 0 fully saturated rings. The van der Waals surface area contributed by atoms with Crippen LogP contribution in [-0.2, 0) is 13.1 Å². The number of hydrogen-bond acceptors (Lipinski definition) is 3. The molecule has 2 rings (SSSR count). The van der Waals surface area contributed by atoms with Gasteiger partial charge in [0, 0.05) is 17.5 Å². The average molecular weight is 219 g/mol. The number of aryl methyl sites for hydroxylation is 2. The van der Waals surface area contributed by atoms with Crippen LogP contribution in [0.3, 0.4) is 0 Å². The zero-order chi connectivity index (χ0) is 11.5. The van der Waals surface area contributed by atoms with Crippen LogP contribution < -0.4 is 5.32 Å². The third-order valence-electron chi connectivity index (χ3n) is 2.67. The van der Waals surface area contributed by atoms with Crippen LogP contribution in [0.4, 0.5) is 0 Å². The Morgan fingerprint density at radius 1 is 1.44 bits per heavy atom. The number of nitrogens with zero attached hydrogens (tertiary/aromatic N) is 2. The van der Waals surface area contributed by atoms with Crippen molar-refractivity contribution in [2.24, 2.45) is 0 Å². The summed E-state index contributed by atoms with van der Waals surface area (Å²) in [5.41, 5.74) is 2.35. The molecule has 4 nitrogen and oxygen atoms in total. The lowest BCUT2D eigenvalue weighted by molar-refractivity contribution is 0.467. The van der Waals surface area contributed by atoms with E-state index < -0.39 is 0 Å². The van der Waals surface area contributed by atoms with Gasteiger partial charge in [0.05, 0.1) is 13.1 Å². The summed E-state index contributed by atoms with van der Waals surface area (Å²) in [5.74, 6) is 1.94. The van der Waals surface area contributed by atoms with E-state index in [2.05, 4.69) is 23.4 Å². The van der Waals surface area contributed by atoms with Crippen molar-refractivity contribution in [1.29, 1.82) is 0 Å². The first-order valence-corrected chi connectivity index (χ1v) is 5.42. The van der Waals surface area contributed by atoms with Crippen molar-refractivity contribution in [2.75, 3.05) is 7.05 Å². The van der Waals surface area contributed by atoms with Crippen LogP contribution in [0.25, 0.3) is 0 Å². The molecule has 0 radical (unpaired) electrons. The van der Waals surface area contributed by atoms with Gasteiger partial charge >= 0.3 is 0 Å². The second-order valence-corrected chi connectivity index (χ2v) is 3.95. The minimum Gasteiger partial charge on any atom is -0.465 e. The molecule has 0 aliphatic rings. The van der Waals surface area contributed by atoms with E-state index in [0.717, 1.165) is 30.3 Å². The fourth-order valence-corrected chi connectivity index (χ4v) is 1.73. The lowest BCUT2D eigenvalue weighted by Gasteiger charge is -2.02. The number of hydrogen-bond donors (Lipinski definition) is 1. The molecule has 0 unspecified atom stereocenters. The largest absolute Gasteiger partial charge is 0.465 e. The van der Waals surface area contributed by atoms with Gasteiger partial charge in [0.25, 0.3) is 0 Å². The Morgan fingerprint density at radius 2 is 2.25 bits per heavy atom. The molecule has 1 N–H and O–H groups in total. The number of aromatic nitrogens is 2. The number of rotatable bonds is 4. The van der Waals surface area contributed by atoms with Gasteiger partial charge in [-0.05, 0) is 33.0 Å². The van der Waals surface area contributed by atoms with E-state index in [0.29, 0.717) is 0 Å². The van der Waals surface area contributed by atoms with Crippen molar-refractivity contribution < 1.29 is 4.42 Å². The first-order chi connectivity index (χ1) is 7.70. The average Bonchev–Trinajstić information content (AvgIpc) is 2.77. The van der Waals surface area contributed by atoms with E-state index in [1.165, 1.54) is 5.56 Å². The van der Waals surface area contributed by atoms with Crippen LogP contribution in [0.1, 0.15) is 22.8 Å². The second kappa shape index (κ2) is 4.53. The third kappa shape index (κ3) is 2.17. The SMILES string of the molecule is CNCc1cc(Cn2nccc2C)c(C)o1. The molecule has 0 bridgehead atoms. The maximum Gasteiger partial charge on any atom is 0.118 e. The Balaban J connectivity index is 2.18. The molecule has 2 heterocycles. The molecule has 2 aromatic rings. The Kier molecular flexibility index (Phi) is 3.10. The molecule has 0 amide bonds. The highest BCUT2D eigenvalue weighted by molar-refractivity contribution is 5.21. The van der Waals surface area contributed by atoms with E-state index in [1.807, 2.05) is 30.9 Å². The van der Waals surface area contributed by atoms with Crippen LogP contribution in [0.15, 0.2) is 22.7 Å². The van der Waals surface area contributed by atoms with Crippen molar-refractivity contribution in [2.45, 2.75) is 26.9 Å². The van der Waals surface area contributed by atoms with Crippen LogP contribution in [0.2, 0.25) is 0 Å². The summed E-state index contributed by atoms with van der Waals surface area (Å²) in [7, 11) is 1.91. The van der Waals surface area contributed by atoms with Crippen molar-refractivity contribution in [3.05, 3.63) is 41.1 Å². The van der Waals surface area contributed by atoms with Gasteiger partial charge < -0.3 is 9.73 Å². The predicted molar refractivity (Wildman–Crippen MR) is 62.3 cm³/mol. The minimum absolute atomic E-state index is 0.763. The van der Waals surface area contributed by atoms with Gasteiger partial charge in [-0.25, -0.2) is 0 Å². The van der Waals surface area contributed by atoms with E-state index in [4.69, 9.17) is 4.42 Å². The highest BCUT2D eigenvalue weighted by Gasteiger charge is 2.08. The van der Waals surface area contributed by atoms with E-state index >= 15 is 0 Å². The molecule has 0 aromatic carbocycles. The fraction of sp³-hybridized carbons (Fsp3) is 0.417. The van der Waals surface area contributed by atoms with Gasteiger partial charge in [-0.1, -0.05) is 0 Å². The molecule has 4 heteroatoms. The maximum absolute atomic E-state index is 5.64. The fourth-order valence-electron chi connectivity index (χ4n) is 1.73. The summed E-state index contributed by atoms with van der Waals surface area (Å²) in [6.07, 6.45) is 1.82. The smallest absolute Gasteiger partial charge is 0.118 e. The molecule has 0 spiro atoms. The van der Waals surface area contributed by atoms with Crippen LogP contribution in [-0.4, -0.2) is 16.8 Å². The number of furan rings is 1. The normalized spacial score (nSPS) is 10.9. The van der Waals surface area contributed by atoms with Gasteiger partial charge in [0.15, 0.2) is 0 Å². The molecule has 0 atom stereocenters. The first kappa shape index (κ1) is 11.0. The van der Waals surface area contributed by atoms with E-state index in [-0.39, 0.29) is 0 Å². The first-order valence-electron chi connectivity index (χ1n) is 5.42. The molecule has 0 saturated carbocycles. The maximum atomic E-state index is 5.64. The van der Waals surface area contributed by atoms with Gasteiger partial charge in [-0.3, -0.25) is 4.68 Å². The summed E-state index contributed by atoms with van der Waals surface area (Å²) in [6.45, 7) is 5.58. The number of nitrogens with one attached hydrogen (secondary N) is 1. The van der Waals surface area contributed by atoms with Gasteiger partial charge in [0.2, 0.25) is 0 Å². The predicted octanol–water partition coefficient (Wildman–Crippen LogP) is 1.86. The molecule has 16 heavy (non-hydrogen) atoms. The summed E-state index contributed by atoms with van der Waals surface area (Å²) < 4.78 is 7.61. The Hall–Kier alpha value is -1.55. The van der Waals surface area contributed by atoms with Crippen molar-refractivity contribution in [3.63, 3.8) is 0 Å². The Morgan fingerprint density at radius 3 is 2.88 bits per heavy atom. The molecule has 0 aliphatic heterocycles. The van der Waals surface area contributed by atoms with Gasteiger partial charge in [0.1, 0.15) is 11.5 Å². The van der Waals surface area contributed by atoms with Crippen LogP contribution in [0.5, 0.6) is 0 Å². The minimum atomic E-state index is 0.763. The highest BCUT2D eigenvalue weighted by atomic mass is 16.3. The van der Waals surface area contributed by atoms with Gasteiger partial charge in [-0.2, -0.15) is 5.10 Å². The van der Waals surface area contributed by atoms with Crippen molar-refractivity contribution in [1.82, 2.24) is 15.1 Å². The van der Waals surface area contributed by atoms with Gasteiger partial charge in [-0.15, -0.1) is 0 Å². The molecule has 0 saturated heterocycles. The summed E-state index contributed by atoms with van der Waals surface area (Å²) >= 11 is 0. The molecule has 2 aromatic heterocycles. The van der Waals surface area contributed by atoms with Crippen molar-refractivity contribution >= 4 is 0 Å². The monoisotopic (exact) mass is 219 g/mol. The standard InChI is InChI=1S/C12H17N3O/c1-9-4-5-14-15(9)8-11-6-12(7-13-3)16-10(11)2/h4-6,13H,7-8H2,1-3H3. The molecular weight excluding hydrogens is 202 g/mol. The molecule has 0 aliphatic carbocycles. The third-order valence-corrected chi connectivity index (χ3v) is 2.67. The quantitative estimate of drug-likeness (QED) is 0.853. The zero-order valence-corrected chi connectivity index (χ0v) is 9.95. The lowest BCUT2D eigenvalue weighted by Crippen LogP contribution is -2.04. The summed E-state index contributed by atoms with van der Waals surface area (Å²) in [5, 5.41) is 7.35. The summed E-state index contributed by atoms with van der Waals surface area (Å²) in [6, 6.07) is 4.09. The van der Waals surface area contributed by atoms with Crippen molar-refractivity contribution in [3.8, 4) is 0 Å². The Bertz CT molecular complexity index is 470. The second-order valence-electron chi connectivity index (χ2n) is 3.95. The Labute approximate surface area is 95.3 Å². The zero-order valence-electron chi connectivity index (χ0n) is 9.95. The topological polar surface area (TPSA) is 43.0 Å². The van der Waals surface area contributed by atoms with E-state index in [1.54, 1.807) is 0 Å². The van der Waals surface area contributed by atoms with Crippen LogP contribution in [0, 0.1) is 13.8 Å². The molecule has 86 valence electrons. The highest BCUT2D eigenvalue weighted by Crippen LogP contribution is 2.16. The molecular formula is C12H17N3O. The summed E-state index contributed by atoms with van der Waals surface area (Å²) in [4.78, 5) is 0. The lowest BCUT2D eigenvalue weighted by atomic mass is 10.2. The van der Waals surface area contributed by atoms with E-state index in [9.17, 15) is 0 Å².